The summed E-state index contributed by atoms with van der Waals surface area (Å²) in [5.41, 5.74) is 6.10. The first-order valence-electron chi connectivity index (χ1n) is 8.06. The van der Waals surface area contributed by atoms with E-state index in [0.29, 0.717) is 24.3 Å². The summed E-state index contributed by atoms with van der Waals surface area (Å²) in [7, 11) is 0. The highest BCUT2D eigenvalue weighted by atomic mass is 19.1. The normalized spacial score (nSPS) is 21.0. The van der Waals surface area contributed by atoms with Crippen molar-refractivity contribution in [1.29, 1.82) is 0 Å². The number of carbonyl (C=O) groups excluding carboxylic acids is 2. The van der Waals surface area contributed by atoms with Gasteiger partial charge in [0, 0.05) is 32.6 Å². The number of nitrogens with zero attached hydrogens (tertiary/aromatic N) is 2. The molecule has 1 aromatic carbocycles. The summed E-state index contributed by atoms with van der Waals surface area (Å²) in [5.74, 6) is -0.793. The minimum atomic E-state index is -0.529. The summed E-state index contributed by atoms with van der Waals surface area (Å²) in [4.78, 5) is 26.2. The van der Waals surface area contributed by atoms with Gasteiger partial charge < -0.3 is 20.7 Å². The second-order valence-electron chi connectivity index (χ2n) is 5.99. The predicted molar refractivity (Wildman–Crippen MR) is 87.5 cm³/mol. The summed E-state index contributed by atoms with van der Waals surface area (Å²) in [5, 5.41) is 3.22. The van der Waals surface area contributed by atoms with E-state index >= 15 is 0 Å². The van der Waals surface area contributed by atoms with Crippen molar-refractivity contribution in [1.82, 2.24) is 5.32 Å². The van der Waals surface area contributed by atoms with Crippen molar-refractivity contribution in [2.75, 3.05) is 42.5 Å². The molecule has 0 aromatic heterocycles. The van der Waals surface area contributed by atoms with Gasteiger partial charge in [-0.25, -0.2) is 9.18 Å². The number of hydrogen-bond acceptors (Lipinski definition) is 5. The van der Waals surface area contributed by atoms with Crippen LogP contribution in [0.1, 0.15) is 12.8 Å². The molecule has 2 heterocycles. The molecule has 2 aliphatic rings. The molecule has 3 rings (SSSR count). The van der Waals surface area contributed by atoms with Gasteiger partial charge in [0.25, 0.3) is 0 Å². The number of ether oxygens (including phenoxy) is 1. The SMILES string of the molecule is NC(=O)CCC1CN(c2ccc(N3CCNCC3)c(F)c2)C(=O)O1. The van der Waals surface area contributed by atoms with Crippen molar-refractivity contribution in [3.05, 3.63) is 24.0 Å². The van der Waals surface area contributed by atoms with Crippen molar-refractivity contribution in [2.45, 2.75) is 18.9 Å². The van der Waals surface area contributed by atoms with Crippen molar-refractivity contribution in [2.24, 2.45) is 5.73 Å². The third kappa shape index (κ3) is 3.59. The molecule has 0 radical (unpaired) electrons. The number of carbonyl (C=O) groups is 2. The lowest BCUT2D eigenvalue weighted by molar-refractivity contribution is -0.118. The zero-order valence-corrected chi connectivity index (χ0v) is 13.3. The molecule has 7 nitrogen and oxygen atoms in total. The van der Waals surface area contributed by atoms with E-state index < -0.39 is 18.1 Å². The van der Waals surface area contributed by atoms with Gasteiger partial charge in [0.1, 0.15) is 11.9 Å². The number of nitrogens with two attached hydrogens (primary N) is 1. The van der Waals surface area contributed by atoms with Crippen LogP contribution in [0.25, 0.3) is 0 Å². The van der Waals surface area contributed by atoms with Gasteiger partial charge in [0.15, 0.2) is 0 Å². The van der Waals surface area contributed by atoms with Crippen LogP contribution in [0.2, 0.25) is 0 Å². The number of amides is 2. The van der Waals surface area contributed by atoms with E-state index in [1.165, 1.54) is 11.0 Å². The number of primary amides is 1. The molecule has 1 aromatic rings. The molecule has 24 heavy (non-hydrogen) atoms. The van der Waals surface area contributed by atoms with Crippen LogP contribution in [0.5, 0.6) is 0 Å². The van der Waals surface area contributed by atoms with E-state index in [1.54, 1.807) is 12.1 Å². The fourth-order valence-electron chi connectivity index (χ4n) is 3.01. The average molecular weight is 336 g/mol. The highest BCUT2D eigenvalue weighted by molar-refractivity contribution is 5.90. The first kappa shape index (κ1) is 16.5. The third-order valence-corrected chi connectivity index (χ3v) is 4.29. The zero-order valence-electron chi connectivity index (χ0n) is 13.3. The molecule has 2 amide bonds. The maximum atomic E-state index is 14.5. The Hall–Kier alpha value is -2.35. The monoisotopic (exact) mass is 336 g/mol. The highest BCUT2D eigenvalue weighted by Crippen LogP contribution is 2.28. The summed E-state index contributed by atoms with van der Waals surface area (Å²) in [6.07, 6.45) is -0.402. The summed E-state index contributed by atoms with van der Waals surface area (Å²) in [6, 6.07) is 4.77. The van der Waals surface area contributed by atoms with Gasteiger partial charge in [0.05, 0.1) is 17.9 Å². The molecular weight excluding hydrogens is 315 g/mol. The fraction of sp³-hybridized carbons (Fsp3) is 0.500. The van der Waals surface area contributed by atoms with Gasteiger partial charge in [-0.15, -0.1) is 0 Å². The van der Waals surface area contributed by atoms with E-state index in [1.807, 2.05) is 4.90 Å². The van der Waals surface area contributed by atoms with Crippen molar-refractivity contribution in [3.8, 4) is 0 Å². The maximum Gasteiger partial charge on any atom is 0.414 e. The summed E-state index contributed by atoms with van der Waals surface area (Å²) >= 11 is 0. The van der Waals surface area contributed by atoms with Crippen LogP contribution in [0.4, 0.5) is 20.6 Å². The van der Waals surface area contributed by atoms with Crippen LogP contribution in [0.15, 0.2) is 18.2 Å². The quantitative estimate of drug-likeness (QED) is 0.831. The van der Waals surface area contributed by atoms with Gasteiger partial charge >= 0.3 is 6.09 Å². The molecule has 3 N–H and O–H groups in total. The van der Waals surface area contributed by atoms with Crippen LogP contribution < -0.4 is 20.9 Å². The molecule has 2 fully saturated rings. The van der Waals surface area contributed by atoms with Gasteiger partial charge in [-0.3, -0.25) is 9.69 Å². The molecular formula is C16H21FN4O3. The molecule has 130 valence electrons. The van der Waals surface area contributed by atoms with Crippen molar-refractivity contribution >= 4 is 23.4 Å². The van der Waals surface area contributed by atoms with Crippen molar-refractivity contribution in [3.63, 3.8) is 0 Å². The lowest BCUT2D eigenvalue weighted by Gasteiger charge is -2.30. The van der Waals surface area contributed by atoms with E-state index in [0.717, 1.165) is 26.2 Å². The molecule has 2 aliphatic heterocycles. The molecule has 1 atom stereocenters. The number of nitrogens with one attached hydrogen (secondary N) is 1. The predicted octanol–water partition coefficient (Wildman–Crippen LogP) is 0.826. The van der Waals surface area contributed by atoms with Crippen LogP contribution in [-0.2, 0) is 9.53 Å². The van der Waals surface area contributed by atoms with Crippen molar-refractivity contribution < 1.29 is 18.7 Å². The second-order valence-corrected chi connectivity index (χ2v) is 5.99. The standard InChI is InChI=1S/C16H21FN4O3/c17-13-9-11(1-3-14(13)20-7-5-19-6-8-20)21-10-12(24-16(21)23)2-4-15(18)22/h1,3,9,12,19H,2,4-8,10H2,(H2,18,22). The Labute approximate surface area is 139 Å². The van der Waals surface area contributed by atoms with Gasteiger partial charge in [0.2, 0.25) is 5.91 Å². The fourth-order valence-corrected chi connectivity index (χ4v) is 3.01. The maximum absolute atomic E-state index is 14.5. The van der Waals surface area contributed by atoms with Crippen LogP contribution in [0, 0.1) is 5.82 Å². The first-order valence-corrected chi connectivity index (χ1v) is 8.06. The van der Waals surface area contributed by atoms with Gasteiger partial charge in [-0.2, -0.15) is 0 Å². The van der Waals surface area contributed by atoms with E-state index in [-0.39, 0.29) is 12.2 Å². The Morgan fingerprint density at radius 3 is 2.79 bits per heavy atom. The molecule has 8 heteroatoms. The van der Waals surface area contributed by atoms with Gasteiger partial charge in [-0.1, -0.05) is 0 Å². The topological polar surface area (TPSA) is 87.9 Å². The Balaban J connectivity index is 1.69. The van der Waals surface area contributed by atoms with E-state index in [4.69, 9.17) is 10.5 Å². The highest BCUT2D eigenvalue weighted by Gasteiger charge is 2.32. The van der Waals surface area contributed by atoms with Gasteiger partial charge in [-0.05, 0) is 24.6 Å². The molecule has 0 bridgehead atoms. The molecule has 0 saturated carbocycles. The minimum absolute atomic E-state index is 0.155. The molecule has 0 aliphatic carbocycles. The number of anilines is 2. The average Bonchev–Trinajstić information content (AvgIpc) is 2.94. The number of rotatable bonds is 5. The number of benzene rings is 1. The molecule has 2 saturated heterocycles. The third-order valence-electron chi connectivity index (χ3n) is 4.29. The smallest absolute Gasteiger partial charge is 0.414 e. The first-order chi connectivity index (χ1) is 11.5. The summed E-state index contributed by atoms with van der Waals surface area (Å²) < 4.78 is 19.7. The Bertz CT molecular complexity index is 634. The second kappa shape index (κ2) is 7.04. The van der Waals surface area contributed by atoms with Crippen LogP contribution in [-0.4, -0.2) is 50.8 Å². The Morgan fingerprint density at radius 2 is 2.12 bits per heavy atom. The van der Waals surface area contributed by atoms with E-state index in [9.17, 15) is 14.0 Å². The molecule has 1 unspecified atom stereocenters. The zero-order chi connectivity index (χ0) is 17.1. The lowest BCUT2D eigenvalue weighted by atomic mass is 10.1. The summed E-state index contributed by atoms with van der Waals surface area (Å²) in [6.45, 7) is 3.43. The Morgan fingerprint density at radius 1 is 1.38 bits per heavy atom. The van der Waals surface area contributed by atoms with Crippen LogP contribution in [0.3, 0.4) is 0 Å². The van der Waals surface area contributed by atoms with E-state index in [2.05, 4.69) is 5.32 Å². The number of halogens is 1. The molecule has 0 spiro atoms. The number of piperazine rings is 1. The Kier molecular flexibility index (Phi) is 4.84. The number of hydrogen-bond donors (Lipinski definition) is 2. The largest absolute Gasteiger partial charge is 0.444 e. The minimum Gasteiger partial charge on any atom is -0.444 e. The van der Waals surface area contributed by atoms with Crippen LogP contribution >= 0.6 is 0 Å². The number of cyclic esters (lactones) is 1. The lowest BCUT2D eigenvalue weighted by Crippen LogP contribution is -2.43.